The fourth-order valence-electron chi connectivity index (χ4n) is 8.71. The zero-order chi connectivity index (χ0) is 35.9. The number of nitrogens with zero attached hydrogens (tertiary/aromatic N) is 4. The lowest BCUT2D eigenvalue weighted by Gasteiger charge is -2.18. The van der Waals surface area contributed by atoms with E-state index >= 15 is 0 Å². The molecule has 0 N–H and O–H groups in total. The van der Waals surface area contributed by atoms with Crippen molar-refractivity contribution in [3.63, 3.8) is 0 Å². The number of alkyl halides is 6. The van der Waals surface area contributed by atoms with Crippen LogP contribution in [0.4, 0.5) is 26.3 Å². The van der Waals surface area contributed by atoms with Crippen molar-refractivity contribution in [2.45, 2.75) is 26.2 Å². The molecule has 12 heteroatoms. The summed E-state index contributed by atoms with van der Waals surface area (Å²) in [6.07, 6.45) is -10.3. The average Bonchev–Trinajstić information content (AvgIpc) is 3.67. The molecule has 0 aliphatic heterocycles. The Morgan fingerprint density at radius 2 is 0.923 bits per heavy atom. The molecule has 0 radical (unpaired) electrons. The molecule has 0 bridgehead atoms. The number of imidazole rings is 2. The van der Waals surface area contributed by atoms with Crippen molar-refractivity contribution in [1.82, 2.24) is 18.8 Å². The van der Waals surface area contributed by atoms with Crippen LogP contribution in [0, 0.1) is 13.8 Å². The van der Waals surface area contributed by atoms with Crippen LogP contribution in [0.5, 0.6) is 0 Å². The average molecular weight is 701 g/mol. The lowest BCUT2D eigenvalue weighted by atomic mass is 9.86. The smallest absolute Gasteiger partial charge is 0.268 e. The van der Waals surface area contributed by atoms with Crippen molar-refractivity contribution in [1.29, 1.82) is 0 Å². The second-order valence-corrected chi connectivity index (χ2v) is 13.6. The van der Waals surface area contributed by atoms with E-state index in [1.807, 2.05) is 44.2 Å². The Morgan fingerprint density at radius 3 is 1.40 bits per heavy atom. The highest BCUT2D eigenvalue weighted by molar-refractivity contribution is 6.40. The van der Waals surface area contributed by atoms with Gasteiger partial charge in [0.15, 0.2) is 0 Å². The van der Waals surface area contributed by atoms with E-state index < -0.39 is 40.1 Å². The van der Waals surface area contributed by atoms with Gasteiger partial charge in [-0.05, 0) is 99.8 Å². The van der Waals surface area contributed by atoms with Crippen LogP contribution in [0.2, 0.25) is 0 Å². The Bertz CT molecular complexity index is 3540. The van der Waals surface area contributed by atoms with Gasteiger partial charge in [0.25, 0.3) is 11.1 Å². The molecule has 0 saturated heterocycles. The van der Waals surface area contributed by atoms with E-state index in [9.17, 15) is 35.9 Å². The van der Waals surface area contributed by atoms with E-state index in [-0.39, 0.29) is 22.7 Å². The molecular formula is C40H18F6N4O2. The SMILES string of the molecule is Cc1cc(C)c2nc3c4ccc5c6ccc7c8c(ccc(c9ccc(c(=O)n3c2c1)c4c95)c68)c(=O)n1c2cc(C(F)(F)F)cc(C(F)(F)F)c2nc71. The highest BCUT2D eigenvalue weighted by Gasteiger charge is 2.40. The zero-order valence-corrected chi connectivity index (χ0v) is 26.8. The van der Waals surface area contributed by atoms with Crippen molar-refractivity contribution in [3.05, 3.63) is 116 Å². The van der Waals surface area contributed by atoms with Crippen LogP contribution in [-0.4, -0.2) is 18.8 Å². The molecule has 0 saturated carbocycles. The van der Waals surface area contributed by atoms with Crippen LogP contribution in [0.15, 0.2) is 82.4 Å². The standard InChI is InChI=1S/C40H18F6N4O2/c1-15-11-16(2)33-27(12-15)49-35(47-33)22-7-3-18-19-4-8-23-32-25(10-6-21(30(19)32)20-5-9-24(37(49)51)31(22)29(18)20)38(52)50-28-14-17(39(41,42)43)13-26(40(44,45)46)34(28)48-36(23)50/h3-14H,1-2H3. The van der Waals surface area contributed by atoms with Crippen molar-refractivity contribution in [2.24, 2.45) is 0 Å². The van der Waals surface area contributed by atoms with Gasteiger partial charge in [0.1, 0.15) is 16.8 Å². The molecule has 11 aromatic rings. The maximum atomic E-state index is 14.2. The van der Waals surface area contributed by atoms with E-state index in [0.29, 0.717) is 33.3 Å². The zero-order valence-electron chi connectivity index (χ0n) is 26.8. The lowest BCUT2D eigenvalue weighted by molar-refractivity contribution is -0.142. The molecule has 0 fully saturated rings. The fraction of sp³-hybridized carbons (Fsp3) is 0.100. The summed E-state index contributed by atoms with van der Waals surface area (Å²) in [5.74, 6) is 0. The monoisotopic (exact) mass is 700 g/mol. The number of fused-ring (bicyclic) bond motifs is 10. The Morgan fingerprint density at radius 1 is 0.500 bits per heavy atom. The molecule has 0 aliphatic rings. The summed E-state index contributed by atoms with van der Waals surface area (Å²) in [6.45, 7) is 3.93. The second-order valence-electron chi connectivity index (χ2n) is 13.6. The van der Waals surface area contributed by atoms with Crippen molar-refractivity contribution >= 4 is 98.0 Å². The largest absolute Gasteiger partial charge is 0.418 e. The normalized spacial score (nSPS) is 13.5. The molecule has 11 rings (SSSR count). The predicted molar refractivity (Wildman–Crippen MR) is 190 cm³/mol. The number of rotatable bonds is 0. The summed E-state index contributed by atoms with van der Waals surface area (Å²) in [5, 5.41) is 7.46. The summed E-state index contributed by atoms with van der Waals surface area (Å²) in [7, 11) is 0. The number of hydrogen-bond acceptors (Lipinski definition) is 4. The van der Waals surface area contributed by atoms with Gasteiger partial charge in [0, 0.05) is 32.3 Å². The van der Waals surface area contributed by atoms with Crippen molar-refractivity contribution < 1.29 is 26.3 Å². The Balaban J connectivity index is 1.32. The second kappa shape index (κ2) is 8.94. The summed E-state index contributed by atoms with van der Waals surface area (Å²) in [5.41, 5.74) is -1.62. The first-order valence-corrected chi connectivity index (χ1v) is 16.2. The van der Waals surface area contributed by atoms with Gasteiger partial charge in [0.2, 0.25) is 0 Å². The van der Waals surface area contributed by atoms with Gasteiger partial charge in [-0.3, -0.25) is 18.4 Å². The van der Waals surface area contributed by atoms with Gasteiger partial charge in [-0.2, -0.15) is 26.3 Å². The summed E-state index contributed by atoms with van der Waals surface area (Å²) < 4.78 is 86.6. The minimum atomic E-state index is -5.17. The van der Waals surface area contributed by atoms with Gasteiger partial charge in [-0.25, -0.2) is 9.97 Å². The van der Waals surface area contributed by atoms with E-state index in [1.54, 1.807) is 34.7 Å². The highest BCUT2D eigenvalue weighted by Crippen LogP contribution is 2.47. The number of pyridine rings is 2. The molecule has 0 amide bonds. The van der Waals surface area contributed by atoms with Gasteiger partial charge in [-0.15, -0.1) is 0 Å². The third kappa shape index (κ3) is 3.37. The third-order valence-corrected chi connectivity index (χ3v) is 10.7. The van der Waals surface area contributed by atoms with Crippen molar-refractivity contribution in [2.75, 3.05) is 0 Å². The van der Waals surface area contributed by atoms with E-state index in [2.05, 4.69) is 4.98 Å². The quantitative estimate of drug-likeness (QED) is 0.0898. The molecule has 4 heterocycles. The first kappa shape index (κ1) is 29.4. The Kier molecular flexibility index (Phi) is 5.06. The maximum Gasteiger partial charge on any atom is 0.418 e. The van der Waals surface area contributed by atoms with Gasteiger partial charge in [-0.1, -0.05) is 30.3 Å². The topological polar surface area (TPSA) is 68.7 Å². The lowest BCUT2D eigenvalue weighted by Crippen LogP contribution is -2.15. The Labute approximate surface area is 284 Å². The molecule has 0 aliphatic carbocycles. The molecule has 52 heavy (non-hydrogen) atoms. The van der Waals surface area contributed by atoms with E-state index in [4.69, 9.17) is 4.98 Å². The van der Waals surface area contributed by atoms with E-state index in [1.165, 1.54) is 0 Å². The molecule has 252 valence electrons. The number of hydrogen-bond donors (Lipinski definition) is 0. The fourth-order valence-corrected chi connectivity index (χ4v) is 8.71. The highest BCUT2D eigenvalue weighted by atomic mass is 19.4. The maximum absolute atomic E-state index is 14.2. The molecule has 0 spiro atoms. The van der Waals surface area contributed by atoms with Crippen molar-refractivity contribution in [3.8, 4) is 0 Å². The molecule has 6 nitrogen and oxygen atoms in total. The van der Waals surface area contributed by atoms with Gasteiger partial charge < -0.3 is 0 Å². The first-order valence-electron chi connectivity index (χ1n) is 16.2. The van der Waals surface area contributed by atoms with E-state index in [0.717, 1.165) is 64.3 Å². The summed E-state index contributed by atoms with van der Waals surface area (Å²) >= 11 is 0. The van der Waals surface area contributed by atoms with Gasteiger partial charge in [0.05, 0.1) is 27.7 Å². The van der Waals surface area contributed by atoms with Crippen LogP contribution < -0.4 is 11.1 Å². The molecule has 7 aromatic carbocycles. The Hall–Kier alpha value is -6.30. The molecule has 0 unspecified atom stereocenters. The first-order chi connectivity index (χ1) is 24.7. The third-order valence-electron chi connectivity index (χ3n) is 10.7. The van der Waals surface area contributed by atoms with Crippen LogP contribution in [-0.2, 0) is 12.4 Å². The molecule has 4 aromatic heterocycles. The minimum absolute atomic E-state index is 0.0328. The van der Waals surface area contributed by atoms with Crippen LogP contribution >= 0.6 is 0 Å². The van der Waals surface area contributed by atoms with Gasteiger partial charge >= 0.3 is 12.4 Å². The number of benzene rings is 7. The number of aromatic nitrogens is 4. The number of halogens is 6. The van der Waals surface area contributed by atoms with Crippen LogP contribution in [0.1, 0.15) is 22.3 Å². The predicted octanol–water partition coefficient (Wildman–Crippen LogP) is 9.90. The number of aryl methyl sites for hydroxylation is 2. The molecular weight excluding hydrogens is 682 g/mol. The van der Waals surface area contributed by atoms with Crippen LogP contribution in [0.25, 0.3) is 98.0 Å². The summed E-state index contributed by atoms with van der Waals surface area (Å²) in [4.78, 5) is 37.6. The minimum Gasteiger partial charge on any atom is -0.268 e. The van der Waals surface area contributed by atoms with Crippen LogP contribution in [0.3, 0.4) is 0 Å². The summed E-state index contributed by atoms with van der Waals surface area (Å²) in [6, 6.07) is 18.8. The molecule has 0 atom stereocenters.